The zero-order chi connectivity index (χ0) is 17.2. The second-order valence-electron chi connectivity index (χ2n) is 6.33. The monoisotopic (exact) mass is 467 g/mol. The molecule has 2 nitrogen and oxygen atoms in total. The first-order chi connectivity index (χ1) is 11.7. The van der Waals surface area contributed by atoms with Crippen molar-refractivity contribution in [1.82, 2.24) is 0 Å². The lowest BCUT2D eigenvalue weighted by molar-refractivity contribution is -0.683. The molecule has 0 fully saturated rings. The molecule has 0 amide bonds. The van der Waals surface area contributed by atoms with E-state index in [2.05, 4.69) is 35.0 Å². The summed E-state index contributed by atoms with van der Waals surface area (Å²) in [7, 11) is 0. The number of aromatic nitrogens is 1. The van der Waals surface area contributed by atoms with Crippen LogP contribution in [0.15, 0.2) is 53.3 Å². The van der Waals surface area contributed by atoms with Gasteiger partial charge in [-0.3, -0.25) is 4.79 Å². The third-order valence-corrected chi connectivity index (χ3v) is 4.80. The Hall–Kier alpha value is -1.000. The number of hydrogen-bond acceptors (Lipinski definition) is 1. The van der Waals surface area contributed by atoms with E-state index < -0.39 is 0 Å². The molecule has 4 heteroatoms. The van der Waals surface area contributed by atoms with Gasteiger partial charge < -0.3 is 17.0 Å². The van der Waals surface area contributed by atoms with Gasteiger partial charge in [-0.15, -0.1) is 0 Å². The summed E-state index contributed by atoms with van der Waals surface area (Å²) < 4.78 is 2.94. The van der Waals surface area contributed by atoms with E-state index >= 15 is 0 Å². The maximum Gasteiger partial charge on any atom is 0.227 e. The van der Waals surface area contributed by atoms with Gasteiger partial charge in [0.05, 0.1) is 0 Å². The van der Waals surface area contributed by atoms with Gasteiger partial charge >= 0.3 is 0 Å². The molecule has 1 aromatic heterocycles. The molecule has 0 aliphatic carbocycles. The van der Waals surface area contributed by atoms with Crippen LogP contribution in [0.4, 0.5) is 0 Å². The number of unbranched alkanes of at least 4 members (excludes halogenated alkanes) is 5. The molecular formula is C21H27Br2NO. The normalized spacial score (nSPS) is 10.3. The van der Waals surface area contributed by atoms with Crippen molar-refractivity contribution in [3.8, 4) is 0 Å². The third-order valence-electron chi connectivity index (χ3n) is 4.27. The van der Waals surface area contributed by atoms with E-state index in [9.17, 15) is 4.79 Å². The van der Waals surface area contributed by atoms with Crippen LogP contribution < -0.4 is 21.5 Å². The fraction of sp³-hybridized carbons (Fsp3) is 0.429. The number of nitrogens with zero attached hydrogens (tertiary/aromatic N) is 1. The van der Waals surface area contributed by atoms with Gasteiger partial charge in [-0.25, -0.2) is 0 Å². The van der Waals surface area contributed by atoms with Crippen LogP contribution in [-0.4, -0.2) is 5.78 Å². The highest BCUT2D eigenvalue weighted by Crippen LogP contribution is 2.11. The first-order valence-electron chi connectivity index (χ1n) is 8.96. The second kappa shape index (κ2) is 12.4. The minimum absolute atomic E-state index is 0. The van der Waals surface area contributed by atoms with E-state index in [1.54, 1.807) is 0 Å². The summed E-state index contributed by atoms with van der Waals surface area (Å²) >= 11 is 3.39. The molecule has 0 aliphatic rings. The Balaban J connectivity index is 0.00000312. The van der Waals surface area contributed by atoms with Gasteiger partial charge in [0, 0.05) is 22.2 Å². The van der Waals surface area contributed by atoms with Gasteiger partial charge in [-0.2, -0.15) is 4.57 Å². The number of carbonyl (C=O) groups is 1. The fourth-order valence-electron chi connectivity index (χ4n) is 2.76. The van der Waals surface area contributed by atoms with Crippen LogP contribution in [0.3, 0.4) is 0 Å². The van der Waals surface area contributed by atoms with Crippen molar-refractivity contribution in [2.45, 2.75) is 58.4 Å². The molecule has 0 atom stereocenters. The Morgan fingerprint density at radius 2 is 1.52 bits per heavy atom. The zero-order valence-corrected chi connectivity index (χ0v) is 18.1. The number of benzene rings is 1. The molecule has 0 N–H and O–H groups in total. The molecule has 0 radical (unpaired) electrons. The maximum absolute atomic E-state index is 12.3. The second-order valence-corrected chi connectivity index (χ2v) is 7.24. The molecule has 0 bridgehead atoms. The largest absolute Gasteiger partial charge is 1.00 e. The summed E-state index contributed by atoms with van der Waals surface area (Å²) in [4.78, 5) is 12.3. The van der Waals surface area contributed by atoms with Gasteiger partial charge in [0.1, 0.15) is 0 Å². The smallest absolute Gasteiger partial charge is 0.227 e. The Kier molecular flexibility index (Phi) is 10.9. The van der Waals surface area contributed by atoms with E-state index in [4.69, 9.17) is 0 Å². The van der Waals surface area contributed by atoms with Crippen molar-refractivity contribution < 1.29 is 26.3 Å². The molecule has 136 valence electrons. The topological polar surface area (TPSA) is 20.9 Å². The highest BCUT2D eigenvalue weighted by atomic mass is 79.9. The summed E-state index contributed by atoms with van der Waals surface area (Å²) in [6, 6.07) is 11.8. The van der Waals surface area contributed by atoms with Crippen LogP contribution >= 0.6 is 15.9 Å². The summed E-state index contributed by atoms with van der Waals surface area (Å²) in [5.41, 5.74) is 2.11. The predicted octanol–water partition coefficient (Wildman–Crippen LogP) is 2.53. The number of hydrogen-bond donors (Lipinski definition) is 0. The summed E-state index contributed by atoms with van der Waals surface area (Å²) in [6.07, 6.45) is 13.1. The highest BCUT2D eigenvalue weighted by molar-refractivity contribution is 9.10. The van der Waals surface area contributed by atoms with Crippen LogP contribution in [0.25, 0.3) is 0 Å². The lowest BCUT2D eigenvalue weighted by Gasteiger charge is -2.02. The molecule has 0 saturated heterocycles. The predicted molar refractivity (Wildman–Crippen MR) is 102 cm³/mol. The van der Waals surface area contributed by atoms with Crippen molar-refractivity contribution >= 4 is 21.7 Å². The quantitative estimate of drug-likeness (QED) is 0.298. The Morgan fingerprint density at radius 3 is 2.16 bits per heavy atom. The molecule has 25 heavy (non-hydrogen) atoms. The molecule has 0 saturated carbocycles. The van der Waals surface area contributed by atoms with Crippen LogP contribution in [0, 0.1) is 0 Å². The third kappa shape index (κ3) is 8.28. The van der Waals surface area contributed by atoms with E-state index in [0.717, 1.165) is 16.5 Å². The van der Waals surface area contributed by atoms with Gasteiger partial charge in [-0.1, -0.05) is 67.1 Å². The molecular weight excluding hydrogens is 442 g/mol. The number of halogens is 2. The van der Waals surface area contributed by atoms with Crippen molar-refractivity contribution in [2.24, 2.45) is 0 Å². The Labute approximate surface area is 170 Å². The van der Waals surface area contributed by atoms with Gasteiger partial charge in [-0.05, 0) is 30.5 Å². The number of aryl methyl sites for hydroxylation is 1. The maximum atomic E-state index is 12.3. The molecule has 1 aromatic carbocycles. The van der Waals surface area contributed by atoms with Crippen molar-refractivity contribution in [1.29, 1.82) is 0 Å². The summed E-state index contributed by atoms with van der Waals surface area (Å²) in [6.45, 7) is 2.64. The SMILES string of the molecule is CCCCCCCCc1cc[n+](CC(=O)c2ccc(Br)cc2)cc1.[Br-]. The molecule has 2 aromatic rings. The molecule has 0 spiro atoms. The zero-order valence-electron chi connectivity index (χ0n) is 14.9. The average Bonchev–Trinajstić information content (AvgIpc) is 2.60. The van der Waals surface area contributed by atoms with E-state index in [1.807, 2.05) is 41.2 Å². The lowest BCUT2D eigenvalue weighted by atomic mass is 10.1. The number of rotatable bonds is 10. The number of Topliss-reactive ketones (excluding diaryl/α,β-unsaturated/α-hetero) is 1. The van der Waals surface area contributed by atoms with Gasteiger partial charge in [0.25, 0.3) is 0 Å². The van der Waals surface area contributed by atoms with Crippen LogP contribution in [0.5, 0.6) is 0 Å². The minimum atomic E-state index is 0. The lowest BCUT2D eigenvalue weighted by Crippen LogP contribution is -3.00. The molecule has 0 aliphatic heterocycles. The van der Waals surface area contributed by atoms with E-state index in [0.29, 0.717) is 6.54 Å². The standard InChI is InChI=1S/C21H27BrNO.BrH/c1-2-3-4-5-6-7-8-18-13-15-23(16-14-18)17-21(24)19-9-11-20(22)12-10-19;/h9-16H,2-8,17H2,1H3;1H/q+1;/p-1. The minimum Gasteiger partial charge on any atom is -1.00 e. The summed E-state index contributed by atoms with van der Waals surface area (Å²) in [5, 5.41) is 0. The Bertz CT molecular complexity index is 623. The van der Waals surface area contributed by atoms with Gasteiger partial charge in [0.15, 0.2) is 12.4 Å². The van der Waals surface area contributed by atoms with Crippen molar-refractivity contribution in [3.05, 3.63) is 64.4 Å². The van der Waals surface area contributed by atoms with Gasteiger partial charge in [0.2, 0.25) is 12.3 Å². The first kappa shape index (κ1) is 22.0. The average molecular weight is 469 g/mol. The van der Waals surface area contributed by atoms with Crippen LogP contribution in [-0.2, 0) is 13.0 Å². The first-order valence-corrected chi connectivity index (χ1v) is 9.75. The summed E-state index contributed by atoms with van der Waals surface area (Å²) in [5.74, 6) is 0.135. The molecule has 1 heterocycles. The number of ketones is 1. The van der Waals surface area contributed by atoms with Crippen molar-refractivity contribution in [2.75, 3.05) is 0 Å². The van der Waals surface area contributed by atoms with E-state index in [1.165, 1.54) is 44.1 Å². The van der Waals surface area contributed by atoms with E-state index in [-0.39, 0.29) is 22.8 Å². The van der Waals surface area contributed by atoms with Crippen LogP contribution in [0.2, 0.25) is 0 Å². The molecule has 0 unspecified atom stereocenters. The van der Waals surface area contributed by atoms with Crippen molar-refractivity contribution in [3.63, 3.8) is 0 Å². The Morgan fingerprint density at radius 1 is 0.920 bits per heavy atom. The number of pyridine rings is 1. The molecule has 2 rings (SSSR count). The number of carbonyl (C=O) groups excluding carboxylic acids is 1. The highest BCUT2D eigenvalue weighted by Gasteiger charge is 2.11. The van der Waals surface area contributed by atoms with Crippen LogP contribution in [0.1, 0.15) is 61.4 Å². The fourth-order valence-corrected chi connectivity index (χ4v) is 3.03.